The van der Waals surface area contributed by atoms with Gasteiger partial charge in [0.15, 0.2) is 0 Å². The van der Waals surface area contributed by atoms with Crippen LogP contribution < -0.4 is 18.9 Å². The Morgan fingerprint density at radius 2 is 1.04 bits per heavy atom. The minimum absolute atomic E-state index is 0.152. The third-order valence-electron chi connectivity index (χ3n) is 8.77. The van der Waals surface area contributed by atoms with Crippen molar-refractivity contribution in [2.24, 2.45) is 0 Å². The number of halogens is 2. The van der Waals surface area contributed by atoms with Crippen LogP contribution in [0, 0.1) is 11.6 Å². The van der Waals surface area contributed by atoms with Crippen molar-refractivity contribution in [3.8, 4) is 34.1 Å². The first-order chi connectivity index (χ1) is 24.7. The summed E-state index contributed by atoms with van der Waals surface area (Å²) in [6.45, 7) is 7.48. The fourth-order valence-corrected chi connectivity index (χ4v) is 5.84. The first-order valence-corrected chi connectivity index (χ1v) is 16.6. The topological polar surface area (TPSA) is 115 Å². The van der Waals surface area contributed by atoms with Gasteiger partial charge in [-0.2, -0.15) is 0 Å². The fourth-order valence-electron chi connectivity index (χ4n) is 5.84. The average molecular weight is 703 g/mol. The molecule has 0 radical (unpaired) electrons. The summed E-state index contributed by atoms with van der Waals surface area (Å²) in [6.07, 6.45) is 0.303. The maximum absolute atomic E-state index is 14.9. The number of hydrogen-bond donors (Lipinski definition) is 0. The molecule has 2 saturated heterocycles. The van der Waals surface area contributed by atoms with Gasteiger partial charge in [-0.15, -0.1) is 0 Å². The molecule has 0 amide bonds. The van der Waals surface area contributed by atoms with E-state index >= 15 is 0 Å². The normalized spacial score (nSPS) is 17.6. The van der Waals surface area contributed by atoms with Gasteiger partial charge in [0.05, 0.1) is 50.8 Å². The number of ether oxygens (including phenoxy) is 8. The van der Waals surface area contributed by atoms with Crippen LogP contribution in [-0.2, 0) is 24.4 Å². The summed E-state index contributed by atoms with van der Waals surface area (Å²) in [7, 11) is 0. The Bertz CT molecular complexity index is 1800. The predicted octanol–water partition coefficient (Wildman–Crippen LogP) is 6.30. The molecule has 4 aromatic rings. The minimum atomic E-state index is -0.852. The highest BCUT2D eigenvalue weighted by molar-refractivity contribution is 5.93. The first-order valence-electron chi connectivity index (χ1n) is 16.6. The molecule has 10 nitrogen and oxygen atoms in total. The molecule has 4 aromatic carbocycles. The second-order valence-electron chi connectivity index (χ2n) is 12.9. The predicted molar refractivity (Wildman–Crippen MR) is 179 cm³/mol. The van der Waals surface area contributed by atoms with E-state index in [0.29, 0.717) is 39.6 Å². The van der Waals surface area contributed by atoms with Crippen molar-refractivity contribution in [2.45, 2.75) is 31.5 Å². The molecule has 2 unspecified atom stereocenters. The second-order valence-corrected chi connectivity index (χ2v) is 12.9. The van der Waals surface area contributed by atoms with E-state index in [1.165, 1.54) is 24.3 Å². The zero-order valence-corrected chi connectivity index (χ0v) is 28.1. The number of fused-ring (bicyclic) bond motifs is 3. The van der Waals surface area contributed by atoms with Crippen LogP contribution in [0.5, 0.6) is 23.0 Å². The maximum Gasteiger partial charge on any atom is 0.346 e. The van der Waals surface area contributed by atoms with Crippen molar-refractivity contribution in [1.82, 2.24) is 0 Å². The lowest BCUT2D eigenvalue weighted by Gasteiger charge is -2.22. The Morgan fingerprint density at radius 1 is 0.627 bits per heavy atom. The maximum atomic E-state index is 14.9. The number of carbonyl (C=O) groups is 2. The van der Waals surface area contributed by atoms with Crippen LogP contribution in [0.25, 0.3) is 11.1 Å². The van der Waals surface area contributed by atoms with Crippen LogP contribution in [0.2, 0.25) is 0 Å². The van der Waals surface area contributed by atoms with Gasteiger partial charge in [0, 0.05) is 17.5 Å². The lowest BCUT2D eigenvalue weighted by molar-refractivity contribution is 0.0719. The van der Waals surface area contributed by atoms with Gasteiger partial charge in [0.1, 0.15) is 60.1 Å². The van der Waals surface area contributed by atoms with Gasteiger partial charge < -0.3 is 37.9 Å². The van der Waals surface area contributed by atoms with E-state index in [1.54, 1.807) is 24.3 Å². The molecule has 2 fully saturated rings. The van der Waals surface area contributed by atoms with Gasteiger partial charge >= 0.3 is 11.9 Å². The number of esters is 2. The van der Waals surface area contributed by atoms with Gasteiger partial charge in [-0.1, -0.05) is 26.0 Å². The summed E-state index contributed by atoms with van der Waals surface area (Å²) >= 11 is 0. The zero-order chi connectivity index (χ0) is 35.5. The Morgan fingerprint density at radius 3 is 1.43 bits per heavy atom. The third kappa shape index (κ3) is 8.20. The molecule has 2 aliphatic heterocycles. The van der Waals surface area contributed by atoms with E-state index in [2.05, 4.69) is 0 Å². The molecule has 0 saturated carbocycles. The third-order valence-corrected chi connectivity index (χ3v) is 8.77. The Hall–Kier alpha value is -4.88. The van der Waals surface area contributed by atoms with Crippen molar-refractivity contribution in [3.05, 3.63) is 107 Å². The largest absolute Gasteiger partial charge is 0.491 e. The van der Waals surface area contributed by atoms with Crippen LogP contribution in [-0.4, -0.2) is 77.0 Å². The Balaban J connectivity index is 0.963. The van der Waals surface area contributed by atoms with Crippen LogP contribution in [0.15, 0.2) is 72.8 Å². The molecule has 12 heteroatoms. The quantitative estimate of drug-likeness (QED) is 0.0571. The van der Waals surface area contributed by atoms with Crippen LogP contribution >= 0.6 is 0 Å². The Labute approximate surface area is 293 Å². The molecule has 2 heterocycles. The number of carbonyl (C=O) groups excluding carboxylic acids is 2. The summed E-state index contributed by atoms with van der Waals surface area (Å²) in [5.74, 6) is -2.23. The molecular weight excluding hydrogens is 666 g/mol. The molecule has 1 aliphatic carbocycles. The van der Waals surface area contributed by atoms with Crippen molar-refractivity contribution < 1.29 is 56.3 Å². The summed E-state index contributed by atoms with van der Waals surface area (Å²) in [4.78, 5) is 25.9. The molecule has 0 spiro atoms. The van der Waals surface area contributed by atoms with Crippen molar-refractivity contribution in [1.29, 1.82) is 0 Å². The smallest absolute Gasteiger partial charge is 0.346 e. The summed E-state index contributed by atoms with van der Waals surface area (Å²) in [6, 6.07) is 18.3. The molecule has 0 aromatic heterocycles. The van der Waals surface area contributed by atoms with Crippen molar-refractivity contribution in [3.63, 3.8) is 0 Å². The monoisotopic (exact) mass is 702 g/mol. The standard InChI is InChI=1S/C39H36F2O10/c1-39(2)33-15-25(50-37(42)31-9-3-23(17-35(31)40)46-13-11-44-19-27-21-48-27)5-7-29(33)30-8-6-26(16-34(30)39)51-38(43)32-10-4-24(18-36(32)41)47-14-12-45-20-28-22-49-28/h3-10,15-18,27-28H,11-14,19-22H2,1-2H3. The van der Waals surface area contributed by atoms with E-state index in [9.17, 15) is 18.4 Å². The number of benzene rings is 4. The van der Waals surface area contributed by atoms with Crippen LogP contribution in [0.1, 0.15) is 45.7 Å². The van der Waals surface area contributed by atoms with Crippen LogP contribution in [0.4, 0.5) is 8.78 Å². The molecule has 2 atom stereocenters. The highest BCUT2D eigenvalue weighted by Gasteiger charge is 2.36. The first kappa shape index (κ1) is 34.6. The minimum Gasteiger partial charge on any atom is -0.491 e. The SMILES string of the molecule is CC1(C)c2cc(OC(=O)c3ccc(OCCOCC4CO4)cc3F)ccc2-c2ccc(OC(=O)c3ccc(OCCOCC4CO4)cc3F)cc21. The number of epoxide rings is 2. The zero-order valence-electron chi connectivity index (χ0n) is 28.1. The van der Waals surface area contributed by atoms with Gasteiger partial charge in [-0.25, -0.2) is 18.4 Å². The number of hydrogen-bond acceptors (Lipinski definition) is 10. The molecule has 0 bridgehead atoms. The van der Waals surface area contributed by atoms with Crippen molar-refractivity contribution >= 4 is 11.9 Å². The van der Waals surface area contributed by atoms with E-state index in [1.807, 2.05) is 26.0 Å². The average Bonchev–Trinajstić information content (AvgIpc) is 4.05. The fraction of sp³-hybridized carbons (Fsp3) is 0.333. The van der Waals surface area contributed by atoms with Gasteiger partial charge in [-0.3, -0.25) is 0 Å². The van der Waals surface area contributed by atoms with E-state index in [4.69, 9.17) is 37.9 Å². The highest BCUT2D eigenvalue weighted by atomic mass is 19.1. The molecule has 7 rings (SSSR count). The molecule has 0 N–H and O–H groups in total. The number of rotatable bonds is 16. The van der Waals surface area contributed by atoms with Crippen molar-refractivity contribution in [2.75, 3.05) is 52.9 Å². The highest BCUT2D eigenvalue weighted by Crippen LogP contribution is 2.50. The second kappa shape index (κ2) is 14.8. The summed E-state index contributed by atoms with van der Waals surface area (Å²) in [5, 5.41) is 0. The molecular formula is C39H36F2O10. The van der Waals surface area contributed by atoms with E-state index < -0.39 is 29.0 Å². The van der Waals surface area contributed by atoms with Gasteiger partial charge in [0.25, 0.3) is 0 Å². The Kier molecular flexibility index (Phi) is 10.0. The summed E-state index contributed by atoms with van der Waals surface area (Å²) in [5.41, 5.74) is 2.47. The molecule has 51 heavy (non-hydrogen) atoms. The van der Waals surface area contributed by atoms with Crippen LogP contribution in [0.3, 0.4) is 0 Å². The molecule has 3 aliphatic rings. The van der Waals surface area contributed by atoms with E-state index in [-0.39, 0.29) is 59.5 Å². The van der Waals surface area contributed by atoms with Gasteiger partial charge in [-0.05, 0) is 70.8 Å². The van der Waals surface area contributed by atoms with Gasteiger partial charge in [0.2, 0.25) is 0 Å². The lowest BCUT2D eigenvalue weighted by atomic mass is 9.82. The molecule has 266 valence electrons. The summed E-state index contributed by atoms with van der Waals surface area (Å²) < 4.78 is 73.0. The lowest BCUT2D eigenvalue weighted by Crippen LogP contribution is -2.17. The van der Waals surface area contributed by atoms with E-state index in [0.717, 1.165) is 34.4 Å².